The molecule has 6 heteroatoms. The van der Waals surface area contributed by atoms with Crippen molar-refractivity contribution < 1.29 is 23.1 Å². The highest BCUT2D eigenvalue weighted by molar-refractivity contribution is 7.33. The second-order valence-electron chi connectivity index (χ2n) is 4.54. The minimum absolute atomic E-state index is 0.440. The number of hydrogen-bond donors (Lipinski definition) is 0. The molecule has 0 saturated carbocycles. The molecule has 0 aromatic heterocycles. The van der Waals surface area contributed by atoms with Crippen LogP contribution in [0.5, 0.6) is 5.75 Å². The Kier molecular flexibility index (Phi) is 9.41. The number of fused-ring (bicyclic) bond motifs is 1. The number of ether oxygens (including phenoxy) is 2. The highest BCUT2D eigenvalue weighted by atomic mass is 31.1. The van der Waals surface area contributed by atoms with Crippen LogP contribution in [-0.4, -0.2) is 27.4 Å². The van der Waals surface area contributed by atoms with E-state index in [2.05, 4.69) is 33.3 Å². The summed E-state index contributed by atoms with van der Waals surface area (Å²) >= 11 is 0. The summed E-state index contributed by atoms with van der Waals surface area (Å²) in [7, 11) is 1.55. The molecule has 0 amide bonds. The molecule has 0 fully saturated rings. The van der Waals surface area contributed by atoms with Crippen LogP contribution in [0.4, 0.5) is 0 Å². The van der Waals surface area contributed by atoms with Gasteiger partial charge in [0.1, 0.15) is 19.0 Å². The van der Waals surface area contributed by atoms with E-state index in [-0.39, 0.29) is 0 Å². The number of hydrogen-bond acceptors (Lipinski definition) is 5. The Morgan fingerprint density at radius 3 is 2.13 bits per heavy atom. The monoisotopic (exact) mass is 339 g/mol. The highest BCUT2D eigenvalue weighted by Crippen LogP contribution is 2.22. The normalized spacial score (nSPS) is 10.1. The van der Waals surface area contributed by atoms with Gasteiger partial charge in [0, 0.05) is 11.7 Å². The van der Waals surface area contributed by atoms with Crippen molar-refractivity contribution in [2.45, 2.75) is 20.5 Å². The van der Waals surface area contributed by atoms with E-state index in [9.17, 15) is 4.57 Å². The minimum atomic E-state index is -1.83. The molecule has 126 valence electrons. The first-order chi connectivity index (χ1) is 11.1. The standard InChI is InChI=1S/C13H14O2.C4H10O3P/c1-14-9-10-3-4-11-5-6-13(15-2)8-12(11)7-10;1-3-6-8(5)7-4-2/h3-8H,9H2,1-2H3;3-4H2,1-2H3/q;+1. The Morgan fingerprint density at radius 1 is 0.913 bits per heavy atom. The van der Waals surface area contributed by atoms with E-state index in [1.165, 1.54) is 16.3 Å². The van der Waals surface area contributed by atoms with Crippen molar-refractivity contribution in [3.8, 4) is 5.75 Å². The molecule has 23 heavy (non-hydrogen) atoms. The van der Waals surface area contributed by atoms with Gasteiger partial charge in [-0.3, -0.25) is 0 Å². The Bertz CT molecular complexity index is 607. The van der Waals surface area contributed by atoms with Crippen molar-refractivity contribution in [3.05, 3.63) is 42.0 Å². The molecular weight excluding hydrogens is 315 g/mol. The Labute approximate surface area is 138 Å². The van der Waals surface area contributed by atoms with Gasteiger partial charge in [0.2, 0.25) is 0 Å². The number of rotatable bonds is 7. The summed E-state index contributed by atoms with van der Waals surface area (Å²) < 4.78 is 29.8. The SMILES string of the molecule is CCO[P+](=O)OCC.COCc1ccc2ccc(OC)cc2c1. The van der Waals surface area contributed by atoms with Crippen molar-refractivity contribution >= 4 is 19.0 Å². The molecule has 5 nitrogen and oxygen atoms in total. The van der Waals surface area contributed by atoms with Crippen LogP contribution < -0.4 is 4.74 Å². The third kappa shape index (κ3) is 7.06. The van der Waals surface area contributed by atoms with Gasteiger partial charge in [0.15, 0.2) is 0 Å². The molecule has 0 aliphatic heterocycles. The van der Waals surface area contributed by atoms with Crippen LogP contribution >= 0.6 is 8.25 Å². The molecule has 0 saturated heterocycles. The van der Waals surface area contributed by atoms with Gasteiger partial charge < -0.3 is 9.47 Å². The summed E-state index contributed by atoms with van der Waals surface area (Å²) in [5.41, 5.74) is 1.18. The predicted octanol–water partition coefficient (Wildman–Crippen LogP) is 4.71. The molecule has 0 heterocycles. The second-order valence-corrected chi connectivity index (χ2v) is 5.50. The van der Waals surface area contributed by atoms with Crippen LogP contribution in [0.15, 0.2) is 36.4 Å². The first kappa shape index (κ1) is 19.5. The lowest BCUT2D eigenvalue weighted by molar-refractivity contribution is 0.185. The summed E-state index contributed by atoms with van der Waals surface area (Å²) in [6.45, 7) is 5.07. The van der Waals surface area contributed by atoms with Crippen molar-refractivity contribution in [2.24, 2.45) is 0 Å². The lowest BCUT2D eigenvalue weighted by Gasteiger charge is -2.05. The minimum Gasteiger partial charge on any atom is -0.497 e. The van der Waals surface area contributed by atoms with E-state index in [0.717, 1.165) is 5.75 Å². The zero-order chi connectivity index (χ0) is 17.1. The molecule has 0 atom stereocenters. The Hall–Kier alpha value is -1.52. The molecule has 0 radical (unpaired) electrons. The lowest BCUT2D eigenvalue weighted by Crippen LogP contribution is -1.87. The van der Waals surface area contributed by atoms with Crippen molar-refractivity contribution in [1.29, 1.82) is 0 Å². The first-order valence-electron chi connectivity index (χ1n) is 7.43. The van der Waals surface area contributed by atoms with Crippen LogP contribution in [0.3, 0.4) is 0 Å². The van der Waals surface area contributed by atoms with Gasteiger partial charge in [-0.05, 0) is 48.4 Å². The second kappa shape index (κ2) is 11.1. The van der Waals surface area contributed by atoms with Gasteiger partial charge >= 0.3 is 8.25 Å². The van der Waals surface area contributed by atoms with Gasteiger partial charge in [0.05, 0.1) is 13.7 Å². The van der Waals surface area contributed by atoms with Gasteiger partial charge in [-0.15, -0.1) is 9.05 Å². The maximum Gasteiger partial charge on any atom is 0.697 e. The van der Waals surface area contributed by atoms with Crippen LogP contribution in [-0.2, 0) is 25.0 Å². The molecule has 2 rings (SSSR count). The van der Waals surface area contributed by atoms with Crippen LogP contribution in [0, 0.1) is 0 Å². The molecule has 0 unspecified atom stereocenters. The Morgan fingerprint density at radius 2 is 1.57 bits per heavy atom. The fourth-order valence-electron chi connectivity index (χ4n) is 1.91. The third-order valence-corrected chi connectivity index (χ3v) is 3.83. The maximum absolute atomic E-state index is 10.3. The van der Waals surface area contributed by atoms with E-state index in [1.807, 2.05) is 12.1 Å². The molecule has 0 spiro atoms. The van der Waals surface area contributed by atoms with E-state index in [1.54, 1.807) is 28.1 Å². The molecule has 0 N–H and O–H groups in total. The summed E-state index contributed by atoms with van der Waals surface area (Å²) in [4.78, 5) is 0. The van der Waals surface area contributed by atoms with E-state index in [4.69, 9.17) is 9.47 Å². The average molecular weight is 339 g/mol. The summed E-state index contributed by atoms with van der Waals surface area (Å²) in [6.07, 6.45) is 0. The molecule has 0 bridgehead atoms. The molecular formula is C17H24O5P+. The molecule has 2 aromatic carbocycles. The molecule has 2 aromatic rings. The quantitative estimate of drug-likeness (QED) is 0.684. The topological polar surface area (TPSA) is 54.0 Å². The molecule has 0 aliphatic rings. The average Bonchev–Trinajstić information content (AvgIpc) is 2.55. The van der Waals surface area contributed by atoms with Crippen molar-refractivity contribution in [2.75, 3.05) is 27.4 Å². The maximum atomic E-state index is 10.3. The van der Waals surface area contributed by atoms with Gasteiger partial charge in [0.25, 0.3) is 0 Å². The number of benzene rings is 2. The van der Waals surface area contributed by atoms with E-state index >= 15 is 0 Å². The van der Waals surface area contributed by atoms with Gasteiger partial charge in [-0.25, -0.2) is 0 Å². The zero-order valence-electron chi connectivity index (χ0n) is 14.1. The fourth-order valence-corrected chi connectivity index (χ4v) is 2.40. The van der Waals surface area contributed by atoms with Crippen molar-refractivity contribution in [1.82, 2.24) is 0 Å². The van der Waals surface area contributed by atoms with Crippen molar-refractivity contribution in [3.63, 3.8) is 0 Å². The first-order valence-corrected chi connectivity index (χ1v) is 8.52. The van der Waals surface area contributed by atoms with Crippen LogP contribution in [0.1, 0.15) is 19.4 Å². The summed E-state index contributed by atoms with van der Waals surface area (Å²) in [6, 6.07) is 12.4. The smallest absolute Gasteiger partial charge is 0.497 e. The highest BCUT2D eigenvalue weighted by Gasteiger charge is 2.15. The zero-order valence-corrected chi connectivity index (χ0v) is 15.0. The Balaban J connectivity index is 0.000000284. The van der Waals surface area contributed by atoms with Gasteiger partial charge in [-0.1, -0.05) is 18.2 Å². The van der Waals surface area contributed by atoms with Crippen LogP contribution in [0.25, 0.3) is 10.8 Å². The van der Waals surface area contributed by atoms with Crippen LogP contribution in [0.2, 0.25) is 0 Å². The lowest BCUT2D eigenvalue weighted by atomic mass is 10.1. The number of methoxy groups -OCH3 is 2. The third-order valence-electron chi connectivity index (χ3n) is 2.89. The molecule has 0 aliphatic carbocycles. The van der Waals surface area contributed by atoms with E-state index in [0.29, 0.717) is 19.8 Å². The van der Waals surface area contributed by atoms with E-state index < -0.39 is 8.25 Å². The largest absolute Gasteiger partial charge is 0.697 e. The fraction of sp³-hybridized carbons (Fsp3) is 0.412. The summed E-state index contributed by atoms with van der Waals surface area (Å²) in [5, 5.41) is 2.40. The van der Waals surface area contributed by atoms with Gasteiger partial charge in [-0.2, -0.15) is 0 Å². The predicted molar refractivity (Wildman–Crippen MR) is 92.1 cm³/mol. The summed E-state index contributed by atoms with van der Waals surface area (Å²) in [5.74, 6) is 0.886.